The number of hydrogen-bond donors (Lipinski definition) is 0. The van der Waals surface area contributed by atoms with E-state index in [0.29, 0.717) is 63.7 Å². The molecule has 2 heterocycles. The van der Waals surface area contributed by atoms with E-state index < -0.39 is 0 Å². The Morgan fingerprint density at radius 1 is 0.968 bits per heavy atom. The van der Waals surface area contributed by atoms with Crippen molar-refractivity contribution in [3.63, 3.8) is 0 Å². The summed E-state index contributed by atoms with van der Waals surface area (Å²) in [5.41, 5.74) is 2.31. The van der Waals surface area contributed by atoms with Gasteiger partial charge in [0.1, 0.15) is 11.4 Å². The number of rotatable bonds is 5. The highest BCUT2D eigenvalue weighted by Gasteiger charge is 2.26. The average Bonchev–Trinajstić information content (AvgIpc) is 2.84. The third-order valence-corrected chi connectivity index (χ3v) is 5.78. The number of nitro groups is 1. The van der Waals surface area contributed by atoms with E-state index in [1.54, 1.807) is 43.5 Å². The fourth-order valence-corrected chi connectivity index (χ4v) is 4.00. The van der Waals surface area contributed by atoms with E-state index >= 15 is 0 Å². The highest BCUT2D eigenvalue weighted by Crippen LogP contribution is 2.33. The topological polar surface area (TPSA) is 88.4 Å². The van der Waals surface area contributed by atoms with E-state index in [2.05, 4.69) is 4.90 Å². The van der Waals surface area contributed by atoms with Crippen LogP contribution in [0.5, 0.6) is 5.75 Å². The van der Waals surface area contributed by atoms with Crippen molar-refractivity contribution < 1.29 is 19.2 Å². The molecule has 0 N–H and O–H groups in total. The predicted molar refractivity (Wildman–Crippen MR) is 117 cm³/mol. The van der Waals surface area contributed by atoms with Gasteiger partial charge in [-0.2, -0.15) is 0 Å². The van der Waals surface area contributed by atoms with Crippen LogP contribution in [-0.4, -0.2) is 75.3 Å². The van der Waals surface area contributed by atoms with Crippen molar-refractivity contribution in [2.75, 3.05) is 69.4 Å². The standard InChI is InChI=1S/C22H26N4O5/c1-30-19-5-2-17(3-6-19)22(27)25-10-8-23(9-11-25)18-4-7-20(26(28)29)21(16-18)24-12-14-31-15-13-24/h2-7,16H,8-15H2,1H3. The molecule has 2 aliphatic rings. The third kappa shape index (κ3) is 4.56. The van der Waals surface area contributed by atoms with Crippen molar-refractivity contribution in [1.29, 1.82) is 0 Å². The monoisotopic (exact) mass is 426 g/mol. The molecule has 31 heavy (non-hydrogen) atoms. The number of carbonyl (C=O) groups is 1. The fourth-order valence-electron chi connectivity index (χ4n) is 4.00. The number of piperazine rings is 1. The van der Waals surface area contributed by atoms with Gasteiger partial charge in [0, 0.05) is 56.6 Å². The van der Waals surface area contributed by atoms with E-state index in [1.807, 2.05) is 15.9 Å². The molecule has 2 saturated heterocycles. The van der Waals surface area contributed by atoms with Crippen LogP contribution < -0.4 is 14.5 Å². The normalized spacial score (nSPS) is 16.9. The fraction of sp³-hybridized carbons (Fsp3) is 0.409. The first-order valence-electron chi connectivity index (χ1n) is 10.4. The molecule has 164 valence electrons. The summed E-state index contributed by atoms with van der Waals surface area (Å²) in [7, 11) is 1.60. The van der Waals surface area contributed by atoms with Crippen LogP contribution in [0.1, 0.15) is 10.4 Å². The van der Waals surface area contributed by atoms with E-state index in [0.717, 1.165) is 11.4 Å². The average molecular weight is 426 g/mol. The highest BCUT2D eigenvalue weighted by molar-refractivity contribution is 5.94. The summed E-state index contributed by atoms with van der Waals surface area (Å²) in [6.45, 7) is 4.91. The van der Waals surface area contributed by atoms with Crippen LogP contribution in [-0.2, 0) is 4.74 Å². The van der Waals surface area contributed by atoms with Gasteiger partial charge in [0.2, 0.25) is 0 Å². The molecular weight excluding hydrogens is 400 g/mol. The molecule has 0 atom stereocenters. The van der Waals surface area contributed by atoms with Crippen LogP contribution in [0.3, 0.4) is 0 Å². The molecule has 0 bridgehead atoms. The molecule has 0 radical (unpaired) electrons. The van der Waals surface area contributed by atoms with Gasteiger partial charge in [-0.3, -0.25) is 14.9 Å². The molecule has 0 saturated carbocycles. The number of ether oxygens (including phenoxy) is 2. The van der Waals surface area contributed by atoms with Crippen LogP contribution >= 0.6 is 0 Å². The quantitative estimate of drug-likeness (QED) is 0.536. The van der Waals surface area contributed by atoms with Gasteiger partial charge in [0.05, 0.1) is 25.2 Å². The van der Waals surface area contributed by atoms with Gasteiger partial charge in [-0.1, -0.05) is 0 Å². The maximum Gasteiger partial charge on any atom is 0.292 e. The zero-order valence-corrected chi connectivity index (χ0v) is 17.5. The van der Waals surface area contributed by atoms with Crippen molar-refractivity contribution in [2.45, 2.75) is 0 Å². The Labute approximate surface area is 180 Å². The maximum atomic E-state index is 12.8. The SMILES string of the molecule is COc1ccc(C(=O)N2CCN(c3ccc([N+](=O)[O-])c(N4CCOCC4)c3)CC2)cc1. The first kappa shape index (κ1) is 20.9. The summed E-state index contributed by atoms with van der Waals surface area (Å²) in [6.07, 6.45) is 0. The summed E-state index contributed by atoms with van der Waals surface area (Å²) in [6, 6.07) is 12.4. The molecule has 9 heteroatoms. The van der Waals surface area contributed by atoms with Crippen molar-refractivity contribution in [2.24, 2.45) is 0 Å². The second-order valence-corrected chi connectivity index (χ2v) is 7.54. The molecule has 2 fully saturated rings. The van der Waals surface area contributed by atoms with Gasteiger partial charge in [0.15, 0.2) is 0 Å². The first-order chi connectivity index (χ1) is 15.1. The minimum Gasteiger partial charge on any atom is -0.497 e. The molecule has 2 aromatic carbocycles. The van der Waals surface area contributed by atoms with E-state index in [-0.39, 0.29) is 16.5 Å². The summed E-state index contributed by atoms with van der Waals surface area (Å²) in [5.74, 6) is 0.718. The largest absolute Gasteiger partial charge is 0.497 e. The minimum atomic E-state index is -0.333. The Bertz CT molecular complexity index is 935. The van der Waals surface area contributed by atoms with E-state index in [1.165, 1.54) is 0 Å². The number of benzene rings is 2. The Hall–Kier alpha value is -3.33. The second-order valence-electron chi connectivity index (χ2n) is 7.54. The van der Waals surface area contributed by atoms with Gasteiger partial charge in [-0.25, -0.2) is 0 Å². The number of carbonyl (C=O) groups excluding carboxylic acids is 1. The Morgan fingerprint density at radius 2 is 1.65 bits per heavy atom. The van der Waals surface area contributed by atoms with Crippen LogP contribution in [0.15, 0.2) is 42.5 Å². The Morgan fingerprint density at radius 3 is 2.26 bits per heavy atom. The molecule has 0 aromatic heterocycles. The van der Waals surface area contributed by atoms with Gasteiger partial charge >= 0.3 is 0 Å². The number of hydrogen-bond acceptors (Lipinski definition) is 7. The Kier molecular flexibility index (Phi) is 6.22. The number of nitrogens with zero attached hydrogens (tertiary/aromatic N) is 4. The van der Waals surface area contributed by atoms with Gasteiger partial charge in [-0.15, -0.1) is 0 Å². The lowest BCUT2D eigenvalue weighted by Gasteiger charge is -2.37. The predicted octanol–water partition coefficient (Wildman–Crippen LogP) is 2.40. The molecule has 2 aromatic rings. The number of methoxy groups -OCH3 is 1. The molecule has 0 spiro atoms. The summed E-state index contributed by atoms with van der Waals surface area (Å²) < 4.78 is 10.5. The smallest absolute Gasteiger partial charge is 0.292 e. The second kappa shape index (κ2) is 9.22. The molecule has 0 unspecified atom stereocenters. The number of anilines is 2. The first-order valence-corrected chi connectivity index (χ1v) is 10.4. The van der Waals surface area contributed by atoms with Crippen LogP contribution in [0.2, 0.25) is 0 Å². The Balaban J connectivity index is 1.45. The van der Waals surface area contributed by atoms with Crippen LogP contribution in [0.4, 0.5) is 17.1 Å². The highest BCUT2D eigenvalue weighted by atomic mass is 16.6. The van der Waals surface area contributed by atoms with Gasteiger partial charge in [-0.05, 0) is 36.4 Å². The molecule has 0 aliphatic carbocycles. The zero-order valence-electron chi connectivity index (χ0n) is 17.5. The lowest BCUT2D eigenvalue weighted by molar-refractivity contribution is -0.384. The van der Waals surface area contributed by atoms with Crippen molar-refractivity contribution >= 4 is 23.0 Å². The van der Waals surface area contributed by atoms with Crippen LogP contribution in [0, 0.1) is 10.1 Å². The zero-order chi connectivity index (χ0) is 21.8. The summed E-state index contributed by atoms with van der Waals surface area (Å²) >= 11 is 0. The van der Waals surface area contributed by atoms with Crippen molar-refractivity contribution in [1.82, 2.24) is 4.90 Å². The number of nitro benzene ring substituents is 1. The minimum absolute atomic E-state index is 0.00000772. The van der Waals surface area contributed by atoms with Crippen molar-refractivity contribution in [3.8, 4) is 5.75 Å². The third-order valence-electron chi connectivity index (χ3n) is 5.78. The summed E-state index contributed by atoms with van der Waals surface area (Å²) in [4.78, 5) is 30.0. The lowest BCUT2D eigenvalue weighted by atomic mass is 10.1. The molecule has 9 nitrogen and oxygen atoms in total. The number of morpholine rings is 1. The lowest BCUT2D eigenvalue weighted by Crippen LogP contribution is -2.48. The van der Waals surface area contributed by atoms with Gasteiger partial charge < -0.3 is 24.2 Å². The van der Waals surface area contributed by atoms with E-state index in [9.17, 15) is 14.9 Å². The summed E-state index contributed by atoms with van der Waals surface area (Å²) in [5, 5.41) is 11.5. The van der Waals surface area contributed by atoms with Crippen LogP contribution in [0.25, 0.3) is 0 Å². The van der Waals surface area contributed by atoms with Crippen molar-refractivity contribution in [3.05, 3.63) is 58.1 Å². The van der Waals surface area contributed by atoms with E-state index in [4.69, 9.17) is 9.47 Å². The molecule has 4 rings (SSSR count). The maximum absolute atomic E-state index is 12.8. The molecular formula is C22H26N4O5. The molecule has 2 aliphatic heterocycles. The molecule has 1 amide bonds. The van der Waals surface area contributed by atoms with Gasteiger partial charge in [0.25, 0.3) is 11.6 Å². The number of amides is 1.